The summed E-state index contributed by atoms with van der Waals surface area (Å²) in [6.07, 6.45) is 5.01. The Morgan fingerprint density at radius 2 is 1.72 bits per heavy atom. The molecule has 0 saturated carbocycles. The second-order valence-electron chi connectivity index (χ2n) is 4.84. The summed E-state index contributed by atoms with van der Waals surface area (Å²) in [6.45, 7) is 6.28. The van der Waals surface area contributed by atoms with Crippen LogP contribution >= 0.6 is 12.4 Å². The van der Waals surface area contributed by atoms with E-state index >= 15 is 0 Å². The number of hydrogen-bond acceptors (Lipinski definition) is 2. The van der Waals surface area contributed by atoms with Crippen molar-refractivity contribution < 1.29 is 4.74 Å². The molecule has 0 fully saturated rings. The molecule has 18 heavy (non-hydrogen) atoms. The van der Waals surface area contributed by atoms with Crippen LogP contribution in [0.25, 0.3) is 0 Å². The molecule has 104 valence electrons. The highest BCUT2D eigenvalue weighted by Gasteiger charge is 2.06. The van der Waals surface area contributed by atoms with Crippen LogP contribution in [0.3, 0.4) is 0 Å². The average molecular weight is 272 g/mol. The smallest absolute Gasteiger partial charge is 0.119 e. The fourth-order valence-corrected chi connectivity index (χ4v) is 1.85. The van der Waals surface area contributed by atoms with Crippen molar-refractivity contribution in [2.24, 2.45) is 5.73 Å². The number of ether oxygens (including phenoxy) is 1. The molecule has 0 aliphatic rings. The van der Waals surface area contributed by atoms with Crippen LogP contribution in [0, 0.1) is 0 Å². The molecule has 0 saturated heterocycles. The van der Waals surface area contributed by atoms with Gasteiger partial charge in [-0.05, 0) is 38.0 Å². The first-order chi connectivity index (χ1) is 8.13. The van der Waals surface area contributed by atoms with Gasteiger partial charge >= 0.3 is 0 Å². The molecule has 0 aromatic heterocycles. The number of halogens is 1. The highest BCUT2D eigenvalue weighted by atomic mass is 35.5. The van der Waals surface area contributed by atoms with Gasteiger partial charge in [-0.2, -0.15) is 0 Å². The molecule has 1 rings (SSSR count). The molecular weight excluding hydrogens is 246 g/mol. The van der Waals surface area contributed by atoms with Gasteiger partial charge in [-0.1, -0.05) is 38.3 Å². The molecule has 0 aliphatic carbocycles. The van der Waals surface area contributed by atoms with Gasteiger partial charge in [-0.25, -0.2) is 0 Å². The standard InChI is InChI=1S/C15H25NO.ClH/c1-4-5-6-7-15(16)13-8-10-14(11-9-13)17-12(2)3;/h8-12,15H,4-7,16H2,1-3H3;1H/t15-;/m0./s1. The predicted molar refractivity (Wildman–Crippen MR) is 80.5 cm³/mol. The maximum Gasteiger partial charge on any atom is 0.119 e. The quantitative estimate of drug-likeness (QED) is 0.743. The molecule has 0 amide bonds. The van der Waals surface area contributed by atoms with Gasteiger partial charge in [0.2, 0.25) is 0 Å². The highest BCUT2D eigenvalue weighted by Crippen LogP contribution is 2.21. The lowest BCUT2D eigenvalue weighted by Crippen LogP contribution is -2.10. The third kappa shape index (κ3) is 6.27. The number of unbranched alkanes of at least 4 members (excludes halogenated alkanes) is 2. The fourth-order valence-electron chi connectivity index (χ4n) is 1.85. The Kier molecular flexibility index (Phi) is 8.86. The van der Waals surface area contributed by atoms with E-state index in [1.165, 1.54) is 24.8 Å². The largest absolute Gasteiger partial charge is 0.491 e. The first-order valence-corrected chi connectivity index (χ1v) is 6.65. The van der Waals surface area contributed by atoms with E-state index in [0.29, 0.717) is 0 Å². The normalized spacial score (nSPS) is 12.1. The maximum atomic E-state index is 6.15. The summed E-state index contributed by atoms with van der Waals surface area (Å²) in [5.74, 6) is 0.921. The summed E-state index contributed by atoms with van der Waals surface area (Å²) in [4.78, 5) is 0. The third-order valence-corrected chi connectivity index (χ3v) is 2.80. The van der Waals surface area contributed by atoms with E-state index in [1.54, 1.807) is 0 Å². The molecule has 2 nitrogen and oxygen atoms in total. The van der Waals surface area contributed by atoms with Crippen LogP contribution in [0.1, 0.15) is 58.1 Å². The van der Waals surface area contributed by atoms with Crippen LogP contribution in [-0.2, 0) is 0 Å². The number of rotatable bonds is 7. The van der Waals surface area contributed by atoms with Crippen molar-refractivity contribution in [1.29, 1.82) is 0 Å². The maximum absolute atomic E-state index is 6.15. The molecule has 1 aromatic rings. The first kappa shape index (κ1) is 17.3. The lowest BCUT2D eigenvalue weighted by atomic mass is 10.0. The lowest BCUT2D eigenvalue weighted by Gasteiger charge is -2.14. The van der Waals surface area contributed by atoms with E-state index in [0.717, 1.165) is 12.2 Å². The van der Waals surface area contributed by atoms with Gasteiger partial charge in [0.1, 0.15) is 5.75 Å². The minimum Gasteiger partial charge on any atom is -0.491 e. The van der Waals surface area contributed by atoms with Gasteiger partial charge in [0.05, 0.1) is 6.10 Å². The van der Waals surface area contributed by atoms with Gasteiger partial charge in [-0.15, -0.1) is 12.4 Å². The van der Waals surface area contributed by atoms with Crippen LogP contribution in [0.5, 0.6) is 5.75 Å². The molecule has 1 atom stereocenters. The lowest BCUT2D eigenvalue weighted by molar-refractivity contribution is 0.242. The van der Waals surface area contributed by atoms with Gasteiger partial charge in [0.25, 0.3) is 0 Å². The minimum atomic E-state index is 0. The number of hydrogen-bond donors (Lipinski definition) is 1. The molecule has 0 bridgehead atoms. The molecule has 0 heterocycles. The Labute approximate surface area is 117 Å². The fraction of sp³-hybridized carbons (Fsp3) is 0.600. The van der Waals surface area contributed by atoms with E-state index < -0.39 is 0 Å². The van der Waals surface area contributed by atoms with Crippen molar-refractivity contribution in [3.05, 3.63) is 29.8 Å². The molecule has 0 aliphatic heterocycles. The summed E-state index contributed by atoms with van der Waals surface area (Å²) in [7, 11) is 0. The number of benzene rings is 1. The highest BCUT2D eigenvalue weighted by molar-refractivity contribution is 5.85. The first-order valence-electron chi connectivity index (χ1n) is 6.65. The average Bonchev–Trinajstić information content (AvgIpc) is 2.29. The monoisotopic (exact) mass is 271 g/mol. The second kappa shape index (κ2) is 9.23. The number of nitrogens with two attached hydrogens (primary N) is 1. The van der Waals surface area contributed by atoms with E-state index in [2.05, 4.69) is 19.1 Å². The van der Waals surface area contributed by atoms with Crippen LogP contribution in [-0.4, -0.2) is 6.10 Å². The SMILES string of the molecule is CCCCC[C@H](N)c1ccc(OC(C)C)cc1.Cl. The Balaban J connectivity index is 0.00000289. The Bertz CT molecular complexity index is 311. The van der Waals surface area contributed by atoms with E-state index in [1.807, 2.05) is 26.0 Å². The molecule has 3 heteroatoms. The van der Waals surface area contributed by atoms with Crippen molar-refractivity contribution in [1.82, 2.24) is 0 Å². The molecule has 0 unspecified atom stereocenters. The van der Waals surface area contributed by atoms with Crippen molar-refractivity contribution >= 4 is 12.4 Å². The zero-order valence-corrected chi connectivity index (χ0v) is 12.5. The minimum absolute atomic E-state index is 0. The summed E-state index contributed by atoms with van der Waals surface area (Å²) in [6, 6.07) is 8.34. The second-order valence-corrected chi connectivity index (χ2v) is 4.84. The Hall–Kier alpha value is -0.730. The molecule has 0 radical (unpaired) electrons. The zero-order chi connectivity index (χ0) is 12.7. The summed E-state index contributed by atoms with van der Waals surface area (Å²) in [5.41, 5.74) is 7.35. The van der Waals surface area contributed by atoms with Crippen molar-refractivity contribution in [2.75, 3.05) is 0 Å². The van der Waals surface area contributed by atoms with Crippen LogP contribution in [0.2, 0.25) is 0 Å². The van der Waals surface area contributed by atoms with E-state index in [-0.39, 0.29) is 24.6 Å². The molecule has 2 N–H and O–H groups in total. The van der Waals surface area contributed by atoms with E-state index in [4.69, 9.17) is 10.5 Å². The molecule has 0 spiro atoms. The summed E-state index contributed by atoms with van der Waals surface area (Å²) >= 11 is 0. The zero-order valence-electron chi connectivity index (χ0n) is 11.7. The van der Waals surface area contributed by atoms with Crippen LogP contribution in [0.4, 0.5) is 0 Å². The topological polar surface area (TPSA) is 35.2 Å². The van der Waals surface area contributed by atoms with Crippen molar-refractivity contribution in [3.8, 4) is 5.75 Å². The Morgan fingerprint density at radius 1 is 1.11 bits per heavy atom. The van der Waals surface area contributed by atoms with Gasteiger partial charge < -0.3 is 10.5 Å². The van der Waals surface area contributed by atoms with Gasteiger partial charge in [0, 0.05) is 6.04 Å². The summed E-state index contributed by atoms with van der Waals surface area (Å²) in [5, 5.41) is 0. The van der Waals surface area contributed by atoms with E-state index in [9.17, 15) is 0 Å². The van der Waals surface area contributed by atoms with Crippen LogP contribution < -0.4 is 10.5 Å². The van der Waals surface area contributed by atoms with Crippen molar-refractivity contribution in [3.63, 3.8) is 0 Å². The van der Waals surface area contributed by atoms with Gasteiger partial charge in [0.15, 0.2) is 0 Å². The molecular formula is C15H26ClNO. The van der Waals surface area contributed by atoms with Crippen molar-refractivity contribution in [2.45, 2.75) is 58.6 Å². The molecule has 1 aromatic carbocycles. The summed E-state index contributed by atoms with van der Waals surface area (Å²) < 4.78 is 5.61. The predicted octanol–water partition coefficient (Wildman–Crippen LogP) is 4.48. The van der Waals surface area contributed by atoms with Gasteiger partial charge in [-0.3, -0.25) is 0 Å². The Morgan fingerprint density at radius 3 is 2.22 bits per heavy atom. The third-order valence-electron chi connectivity index (χ3n) is 2.80. The van der Waals surface area contributed by atoms with Crippen LogP contribution in [0.15, 0.2) is 24.3 Å².